The van der Waals surface area contributed by atoms with Gasteiger partial charge in [-0.1, -0.05) is 5.10 Å². The number of H-pyrrole nitrogens is 1. The van der Waals surface area contributed by atoms with Crippen molar-refractivity contribution >= 4 is 34.3 Å². The molecule has 4 aromatic rings. The Bertz CT molecular complexity index is 1530. The third-order valence-electron chi connectivity index (χ3n) is 7.16. The number of aromatic amines is 1. The molecule has 0 atom stereocenters. The fourth-order valence-corrected chi connectivity index (χ4v) is 5.10. The Balaban J connectivity index is 1.32. The second kappa shape index (κ2) is 8.66. The number of aromatic nitrogens is 7. The van der Waals surface area contributed by atoms with Crippen LogP contribution in [0, 0.1) is 0 Å². The van der Waals surface area contributed by atoms with E-state index < -0.39 is 5.54 Å². The van der Waals surface area contributed by atoms with Crippen LogP contribution in [0.3, 0.4) is 0 Å². The van der Waals surface area contributed by atoms with Gasteiger partial charge in [0.1, 0.15) is 11.5 Å². The van der Waals surface area contributed by atoms with Gasteiger partial charge in [0.15, 0.2) is 0 Å². The van der Waals surface area contributed by atoms with Crippen molar-refractivity contribution in [2.45, 2.75) is 26.3 Å². The summed E-state index contributed by atoms with van der Waals surface area (Å²) in [5, 5.41) is 23.7. The molecular weight excluding hydrogens is 472 g/mol. The molecule has 0 spiro atoms. The minimum atomic E-state index is -0.725. The zero-order valence-corrected chi connectivity index (χ0v) is 21.2. The lowest BCUT2D eigenvalue weighted by Gasteiger charge is -2.37. The number of anilines is 3. The quantitative estimate of drug-likeness (QED) is 0.434. The molecule has 2 aliphatic heterocycles. The van der Waals surface area contributed by atoms with E-state index in [1.807, 2.05) is 63.1 Å². The molecule has 12 nitrogen and oxygen atoms in total. The van der Waals surface area contributed by atoms with Crippen molar-refractivity contribution in [1.29, 1.82) is 0 Å². The van der Waals surface area contributed by atoms with Crippen LogP contribution in [0.25, 0.3) is 22.2 Å². The van der Waals surface area contributed by atoms with E-state index in [-0.39, 0.29) is 5.91 Å². The molecule has 5 heterocycles. The van der Waals surface area contributed by atoms with E-state index in [1.54, 1.807) is 10.9 Å². The van der Waals surface area contributed by atoms with Crippen LogP contribution >= 0.6 is 0 Å². The number of amides is 1. The van der Waals surface area contributed by atoms with E-state index in [1.165, 1.54) is 0 Å². The number of nitrogens with zero attached hydrogens (tertiary/aromatic N) is 8. The average molecular weight is 501 g/mol. The molecule has 2 N–H and O–H groups in total. The van der Waals surface area contributed by atoms with Crippen LogP contribution in [-0.2, 0) is 15.1 Å². The van der Waals surface area contributed by atoms with Crippen LogP contribution in [0.5, 0.6) is 0 Å². The Morgan fingerprint density at radius 1 is 1.16 bits per heavy atom. The van der Waals surface area contributed by atoms with E-state index in [9.17, 15) is 4.79 Å². The number of carbonyl (C=O) groups excluding carboxylic acids is 1. The number of carbonyl (C=O) groups is 1. The van der Waals surface area contributed by atoms with E-state index in [2.05, 4.69) is 40.9 Å². The predicted molar refractivity (Wildman–Crippen MR) is 139 cm³/mol. The van der Waals surface area contributed by atoms with E-state index in [4.69, 9.17) is 4.74 Å². The number of nitrogens with one attached hydrogen (secondary N) is 2. The largest absolute Gasteiger partial charge is 0.378 e. The van der Waals surface area contributed by atoms with Gasteiger partial charge in [0.05, 0.1) is 29.8 Å². The molecule has 3 aromatic heterocycles. The Kier molecular flexibility index (Phi) is 5.41. The van der Waals surface area contributed by atoms with Crippen molar-refractivity contribution < 1.29 is 9.53 Å². The van der Waals surface area contributed by atoms with Gasteiger partial charge in [0, 0.05) is 48.7 Å². The zero-order chi connectivity index (χ0) is 25.7. The van der Waals surface area contributed by atoms with Crippen LogP contribution in [0.1, 0.15) is 20.8 Å². The molecule has 0 aliphatic carbocycles. The highest BCUT2D eigenvalue weighted by molar-refractivity contribution is 6.07. The highest BCUT2D eigenvalue weighted by Crippen LogP contribution is 2.37. The lowest BCUT2D eigenvalue weighted by molar-refractivity contribution is -0.113. The first-order chi connectivity index (χ1) is 17.8. The summed E-state index contributed by atoms with van der Waals surface area (Å²) >= 11 is 0. The van der Waals surface area contributed by atoms with Gasteiger partial charge in [-0.3, -0.25) is 9.89 Å². The van der Waals surface area contributed by atoms with Gasteiger partial charge < -0.3 is 19.9 Å². The van der Waals surface area contributed by atoms with Crippen LogP contribution in [0.4, 0.5) is 17.5 Å². The van der Waals surface area contributed by atoms with Crippen molar-refractivity contribution in [3.8, 4) is 11.3 Å². The molecule has 1 aromatic carbocycles. The first-order valence-corrected chi connectivity index (χ1v) is 12.2. The number of ether oxygens (including phenoxy) is 1. The second-order valence-corrected chi connectivity index (χ2v) is 9.76. The Labute approximate surface area is 213 Å². The molecule has 1 fully saturated rings. The minimum absolute atomic E-state index is 0.210. The standard InChI is InChI=1S/C25H28N10O2/c1-15-21(25(2,3)35-24(33(15)4)30-31-32-35)23(36)27-17-5-6-19-18(14-17)22(29-28-19)16-7-8-26-20(13-16)34-9-11-37-12-10-34/h5-8,13-14H,9-12H2,1-4H3,(H,27,36)(H,28,29). The van der Waals surface area contributed by atoms with Crippen LogP contribution in [0.15, 0.2) is 47.8 Å². The molecule has 0 bridgehead atoms. The van der Waals surface area contributed by atoms with E-state index >= 15 is 0 Å². The number of benzene rings is 1. The maximum Gasteiger partial charge on any atom is 0.255 e. The molecule has 0 unspecified atom stereocenters. The summed E-state index contributed by atoms with van der Waals surface area (Å²) in [4.78, 5) is 22.2. The Morgan fingerprint density at radius 3 is 2.78 bits per heavy atom. The monoisotopic (exact) mass is 500 g/mol. The van der Waals surface area contributed by atoms with Crippen LogP contribution in [0.2, 0.25) is 0 Å². The minimum Gasteiger partial charge on any atom is -0.378 e. The lowest BCUT2D eigenvalue weighted by atomic mass is 9.89. The van der Waals surface area contributed by atoms with Crippen molar-refractivity contribution in [2.24, 2.45) is 0 Å². The molecule has 1 amide bonds. The van der Waals surface area contributed by atoms with Gasteiger partial charge in [-0.2, -0.15) is 5.10 Å². The highest BCUT2D eigenvalue weighted by atomic mass is 16.5. The van der Waals surface area contributed by atoms with Crippen LogP contribution < -0.4 is 15.1 Å². The van der Waals surface area contributed by atoms with Crippen LogP contribution in [-0.4, -0.2) is 74.6 Å². The van der Waals surface area contributed by atoms with Crippen molar-refractivity contribution in [1.82, 2.24) is 35.4 Å². The van der Waals surface area contributed by atoms with Crippen molar-refractivity contribution in [3.05, 3.63) is 47.8 Å². The van der Waals surface area contributed by atoms with Gasteiger partial charge in [0.2, 0.25) is 5.95 Å². The number of rotatable bonds is 4. The summed E-state index contributed by atoms with van der Waals surface area (Å²) in [6.45, 7) is 8.77. The normalized spacial score (nSPS) is 17.3. The topological polar surface area (TPSA) is 130 Å². The zero-order valence-electron chi connectivity index (χ0n) is 21.2. The third-order valence-corrected chi connectivity index (χ3v) is 7.16. The fourth-order valence-electron chi connectivity index (χ4n) is 5.10. The van der Waals surface area contributed by atoms with Gasteiger partial charge >= 0.3 is 0 Å². The summed E-state index contributed by atoms with van der Waals surface area (Å²) in [7, 11) is 1.85. The number of tetrazole rings is 1. The van der Waals surface area contributed by atoms with Gasteiger partial charge in [-0.15, -0.1) is 0 Å². The second-order valence-electron chi connectivity index (χ2n) is 9.76. The molecule has 2 aliphatic rings. The number of fused-ring (bicyclic) bond motifs is 2. The van der Waals surface area contributed by atoms with E-state index in [0.717, 1.165) is 46.8 Å². The predicted octanol–water partition coefficient (Wildman–Crippen LogP) is 2.55. The lowest BCUT2D eigenvalue weighted by Crippen LogP contribution is -2.44. The summed E-state index contributed by atoms with van der Waals surface area (Å²) < 4.78 is 7.14. The summed E-state index contributed by atoms with van der Waals surface area (Å²) in [6.07, 6.45) is 1.80. The average Bonchev–Trinajstić information content (AvgIpc) is 3.56. The van der Waals surface area contributed by atoms with Crippen molar-refractivity contribution in [2.75, 3.05) is 48.5 Å². The number of allylic oxidation sites excluding steroid dienone is 1. The first-order valence-electron chi connectivity index (χ1n) is 12.2. The van der Waals surface area contributed by atoms with Crippen molar-refractivity contribution in [3.63, 3.8) is 0 Å². The SMILES string of the molecule is CC1=C(C(=O)Nc2ccc3[nH]nc(-c4ccnc(N5CCOCC5)c4)c3c2)C(C)(C)n2nnnc2N1C. The first kappa shape index (κ1) is 23.1. The van der Waals surface area contributed by atoms with Gasteiger partial charge in [-0.25, -0.2) is 9.67 Å². The molecule has 0 radical (unpaired) electrons. The smallest absolute Gasteiger partial charge is 0.255 e. The summed E-state index contributed by atoms with van der Waals surface area (Å²) in [6, 6.07) is 9.72. The highest BCUT2D eigenvalue weighted by Gasteiger charge is 2.41. The fraction of sp³-hybridized carbons (Fsp3) is 0.360. The number of hydrogen-bond donors (Lipinski definition) is 2. The summed E-state index contributed by atoms with van der Waals surface area (Å²) in [5.41, 5.74) is 3.96. The van der Waals surface area contributed by atoms with E-state index in [0.29, 0.717) is 30.4 Å². The molecule has 0 saturated carbocycles. The molecular formula is C25H28N10O2. The summed E-state index contributed by atoms with van der Waals surface area (Å²) in [5.74, 6) is 1.28. The Hall–Kier alpha value is -4.32. The third kappa shape index (κ3) is 3.80. The van der Waals surface area contributed by atoms with Gasteiger partial charge in [-0.05, 0) is 61.5 Å². The molecule has 37 heavy (non-hydrogen) atoms. The molecule has 1 saturated heterocycles. The van der Waals surface area contributed by atoms with Gasteiger partial charge in [0.25, 0.3) is 5.91 Å². The number of morpholine rings is 1. The molecule has 12 heteroatoms. The Morgan fingerprint density at radius 2 is 1.97 bits per heavy atom. The number of pyridine rings is 1. The maximum atomic E-state index is 13.6. The maximum absolute atomic E-state index is 13.6. The molecule has 6 rings (SSSR count). The molecule has 190 valence electrons. The number of hydrogen-bond acceptors (Lipinski definition) is 9.